The molecule has 1 atom stereocenters. The summed E-state index contributed by atoms with van der Waals surface area (Å²) in [5.74, 6) is 0. The number of halogens is 2. The Morgan fingerprint density at radius 1 is 1.43 bits per heavy atom. The summed E-state index contributed by atoms with van der Waals surface area (Å²) < 4.78 is 24.4. The topological polar surface area (TPSA) is 36.4 Å². The van der Waals surface area contributed by atoms with Crippen molar-refractivity contribution in [2.45, 2.75) is 19.5 Å². The Morgan fingerprint density at radius 3 is 2.36 bits per heavy atom. The molecule has 0 spiro atoms. The number of hydrogen-bond donors (Lipinski definition) is 1. The van der Waals surface area contributed by atoms with Gasteiger partial charge in [-0.25, -0.2) is 13.8 Å². The number of aromatic nitrogens is 1. The molecule has 0 saturated carbocycles. The monoisotopic (exact) mass is 222 g/mol. The lowest BCUT2D eigenvalue weighted by atomic mass is 10.2. The van der Waals surface area contributed by atoms with Gasteiger partial charge in [-0.3, -0.25) is 0 Å². The van der Waals surface area contributed by atoms with E-state index in [1.54, 1.807) is 25.9 Å². The van der Waals surface area contributed by atoms with Gasteiger partial charge in [0.1, 0.15) is 0 Å². The van der Waals surface area contributed by atoms with Gasteiger partial charge < -0.3 is 10.0 Å². The maximum absolute atomic E-state index is 12.2. The molecular weight excluding hydrogens is 210 g/mol. The summed E-state index contributed by atoms with van der Waals surface area (Å²) in [6.45, 7) is 1.62. The number of alkyl halides is 2. The first kappa shape index (κ1) is 11.3. The van der Waals surface area contributed by atoms with Gasteiger partial charge in [0, 0.05) is 14.1 Å². The lowest BCUT2D eigenvalue weighted by Gasteiger charge is -2.07. The van der Waals surface area contributed by atoms with Crippen LogP contribution >= 0.6 is 11.3 Å². The molecule has 0 aliphatic carbocycles. The molecule has 0 aliphatic heterocycles. The van der Waals surface area contributed by atoms with Gasteiger partial charge in [-0.1, -0.05) is 11.3 Å². The Morgan fingerprint density at radius 2 is 2.00 bits per heavy atom. The zero-order valence-corrected chi connectivity index (χ0v) is 8.98. The summed E-state index contributed by atoms with van der Waals surface area (Å²) >= 11 is 1.09. The number of nitrogens with zero attached hydrogens (tertiary/aromatic N) is 2. The maximum atomic E-state index is 12.2. The first-order valence-electron chi connectivity index (χ1n) is 4.04. The summed E-state index contributed by atoms with van der Waals surface area (Å²) in [4.78, 5) is 6.03. The molecule has 1 rings (SSSR count). The number of thiazole rings is 1. The fraction of sp³-hybridized carbons (Fsp3) is 0.625. The van der Waals surface area contributed by atoms with Crippen LogP contribution in [0.25, 0.3) is 0 Å². The van der Waals surface area contributed by atoms with Crippen LogP contribution in [0.1, 0.15) is 16.7 Å². The van der Waals surface area contributed by atoms with E-state index >= 15 is 0 Å². The largest absolute Gasteiger partial charge is 0.381 e. The molecule has 14 heavy (non-hydrogen) atoms. The highest BCUT2D eigenvalue weighted by molar-refractivity contribution is 7.15. The molecule has 80 valence electrons. The average Bonchev–Trinajstić information content (AvgIpc) is 2.46. The molecule has 1 aromatic heterocycles. The third kappa shape index (κ3) is 2.19. The van der Waals surface area contributed by atoms with Crippen LogP contribution in [0.15, 0.2) is 0 Å². The van der Waals surface area contributed by atoms with Crippen molar-refractivity contribution in [1.82, 2.24) is 4.98 Å². The summed E-state index contributed by atoms with van der Waals surface area (Å²) in [5.41, 5.74) is 0.464. The van der Waals surface area contributed by atoms with Gasteiger partial charge in [-0.2, -0.15) is 0 Å². The van der Waals surface area contributed by atoms with Gasteiger partial charge in [-0.05, 0) is 6.92 Å². The summed E-state index contributed by atoms with van der Waals surface area (Å²) in [7, 11) is 3.55. The standard InChI is InChI=1S/C8H12F2N2OS/c1-4-6(5(13)7(9)10)14-8(11-4)12(2)3/h5,7,13H,1-3H3. The highest BCUT2D eigenvalue weighted by Crippen LogP contribution is 2.32. The van der Waals surface area contributed by atoms with E-state index in [1.165, 1.54) is 0 Å². The van der Waals surface area contributed by atoms with E-state index in [0.29, 0.717) is 10.8 Å². The van der Waals surface area contributed by atoms with E-state index in [2.05, 4.69) is 4.98 Å². The van der Waals surface area contributed by atoms with Gasteiger partial charge in [-0.15, -0.1) is 0 Å². The van der Waals surface area contributed by atoms with Gasteiger partial charge >= 0.3 is 0 Å². The van der Waals surface area contributed by atoms with E-state index < -0.39 is 12.5 Å². The molecule has 3 nitrogen and oxygen atoms in total. The fourth-order valence-corrected chi connectivity index (χ4v) is 1.95. The van der Waals surface area contributed by atoms with E-state index in [9.17, 15) is 13.9 Å². The van der Waals surface area contributed by atoms with Gasteiger partial charge in [0.15, 0.2) is 11.2 Å². The van der Waals surface area contributed by atoms with Crippen molar-refractivity contribution >= 4 is 16.5 Å². The van der Waals surface area contributed by atoms with Crippen molar-refractivity contribution < 1.29 is 13.9 Å². The lowest BCUT2D eigenvalue weighted by Crippen LogP contribution is -2.07. The molecule has 0 saturated heterocycles. The summed E-state index contributed by atoms with van der Waals surface area (Å²) in [5, 5.41) is 9.80. The molecule has 1 unspecified atom stereocenters. The molecule has 6 heteroatoms. The Labute approximate surface area is 85.0 Å². The fourth-order valence-electron chi connectivity index (χ4n) is 0.974. The minimum atomic E-state index is -2.76. The van der Waals surface area contributed by atoms with Crippen LogP contribution in [0.3, 0.4) is 0 Å². The molecule has 0 bridgehead atoms. The lowest BCUT2D eigenvalue weighted by molar-refractivity contribution is -0.00415. The Bertz CT molecular complexity index is 314. The van der Waals surface area contributed by atoms with E-state index in [-0.39, 0.29) is 4.88 Å². The second-order valence-corrected chi connectivity index (χ2v) is 4.13. The molecule has 0 amide bonds. The first-order chi connectivity index (χ1) is 6.43. The molecular formula is C8H12F2N2OS. The molecule has 0 radical (unpaired) electrons. The van der Waals surface area contributed by atoms with Gasteiger partial charge in [0.25, 0.3) is 6.43 Å². The zero-order valence-electron chi connectivity index (χ0n) is 8.16. The zero-order chi connectivity index (χ0) is 10.9. The quantitative estimate of drug-likeness (QED) is 0.847. The van der Waals surface area contributed by atoms with Crippen molar-refractivity contribution in [2.24, 2.45) is 0 Å². The molecule has 1 N–H and O–H groups in total. The Kier molecular flexibility index (Phi) is 3.38. The highest BCUT2D eigenvalue weighted by Gasteiger charge is 2.24. The number of aryl methyl sites for hydroxylation is 1. The number of anilines is 1. The van der Waals surface area contributed by atoms with Crippen LogP contribution in [-0.2, 0) is 0 Å². The van der Waals surface area contributed by atoms with Gasteiger partial charge in [0.2, 0.25) is 0 Å². The van der Waals surface area contributed by atoms with Crippen LogP contribution in [0.2, 0.25) is 0 Å². The molecule has 0 aromatic carbocycles. The van der Waals surface area contributed by atoms with Crippen LogP contribution in [-0.4, -0.2) is 30.6 Å². The van der Waals surface area contributed by atoms with E-state index in [0.717, 1.165) is 11.3 Å². The minimum Gasteiger partial charge on any atom is -0.381 e. The SMILES string of the molecule is Cc1nc(N(C)C)sc1C(O)C(F)F. The molecule has 1 aromatic rings. The van der Waals surface area contributed by atoms with Crippen LogP contribution < -0.4 is 4.90 Å². The normalized spacial score (nSPS) is 13.4. The van der Waals surface area contributed by atoms with Crippen LogP contribution in [0.4, 0.5) is 13.9 Å². The second-order valence-electron chi connectivity index (χ2n) is 3.12. The number of hydrogen-bond acceptors (Lipinski definition) is 4. The van der Waals surface area contributed by atoms with Crippen LogP contribution in [0.5, 0.6) is 0 Å². The number of rotatable bonds is 3. The highest BCUT2D eigenvalue weighted by atomic mass is 32.1. The Hall–Kier alpha value is -0.750. The minimum absolute atomic E-state index is 0.240. The second kappa shape index (κ2) is 4.18. The number of aliphatic hydroxyl groups excluding tert-OH is 1. The van der Waals surface area contributed by atoms with Gasteiger partial charge in [0.05, 0.1) is 10.6 Å². The van der Waals surface area contributed by atoms with Crippen molar-refractivity contribution in [1.29, 1.82) is 0 Å². The number of aliphatic hydroxyl groups is 1. The predicted molar refractivity (Wildman–Crippen MR) is 52.1 cm³/mol. The Balaban J connectivity index is 2.98. The molecule has 1 heterocycles. The smallest absolute Gasteiger partial charge is 0.269 e. The van der Waals surface area contributed by atoms with Crippen molar-refractivity contribution in [2.75, 3.05) is 19.0 Å². The third-order valence-electron chi connectivity index (χ3n) is 1.71. The molecule has 0 fully saturated rings. The van der Waals surface area contributed by atoms with Crippen molar-refractivity contribution in [3.8, 4) is 0 Å². The molecule has 0 aliphatic rings. The third-order valence-corrected chi connectivity index (χ3v) is 3.11. The van der Waals surface area contributed by atoms with Crippen molar-refractivity contribution in [3.63, 3.8) is 0 Å². The van der Waals surface area contributed by atoms with E-state index in [4.69, 9.17) is 0 Å². The average molecular weight is 222 g/mol. The summed E-state index contributed by atoms with van der Waals surface area (Å²) in [6.07, 6.45) is -4.48. The predicted octanol–water partition coefficient (Wildman–Crippen LogP) is 1.82. The van der Waals surface area contributed by atoms with Crippen molar-refractivity contribution in [3.05, 3.63) is 10.6 Å². The summed E-state index contributed by atoms with van der Waals surface area (Å²) in [6, 6.07) is 0. The maximum Gasteiger partial charge on any atom is 0.269 e. The first-order valence-corrected chi connectivity index (χ1v) is 4.86. The van der Waals surface area contributed by atoms with E-state index in [1.807, 2.05) is 0 Å². The van der Waals surface area contributed by atoms with Crippen LogP contribution in [0, 0.1) is 6.92 Å².